The molecule has 0 atom stereocenters. The summed E-state index contributed by atoms with van der Waals surface area (Å²) in [5, 5.41) is 3.54. The highest BCUT2D eigenvalue weighted by Crippen LogP contribution is 2.43. The molecule has 7 aromatic carbocycles. The smallest absolute Gasteiger partial charge is 0.238 e. The van der Waals surface area contributed by atoms with Crippen LogP contribution in [-0.2, 0) is 6.42 Å². The van der Waals surface area contributed by atoms with Crippen molar-refractivity contribution in [2.75, 3.05) is 0 Å². The lowest BCUT2D eigenvalue weighted by atomic mass is 9.97. The summed E-state index contributed by atoms with van der Waals surface area (Å²) < 4.78 is 4.73. The first kappa shape index (κ1) is 32.1. The van der Waals surface area contributed by atoms with Gasteiger partial charge >= 0.3 is 0 Å². The van der Waals surface area contributed by atoms with Crippen LogP contribution in [0.1, 0.15) is 17.7 Å². The van der Waals surface area contributed by atoms with Crippen LogP contribution in [0.25, 0.3) is 95.5 Å². The van der Waals surface area contributed by atoms with Crippen molar-refractivity contribution in [1.29, 1.82) is 0 Å². The van der Waals surface area contributed by atoms with Crippen LogP contribution in [0.2, 0.25) is 0 Å². The Morgan fingerprint density at radius 3 is 1.64 bits per heavy atom. The summed E-state index contributed by atoms with van der Waals surface area (Å²) in [4.78, 5) is 15.7. The average molecular weight is 718 g/mol. The topological polar surface area (TPSA) is 48.5 Å². The molecule has 1 aliphatic carbocycles. The maximum absolute atomic E-state index is 5.31. The summed E-state index contributed by atoms with van der Waals surface area (Å²) in [6, 6.07) is 62.0. The zero-order valence-corrected chi connectivity index (χ0v) is 30.5. The molecule has 0 N–H and O–H groups in total. The number of aromatic nitrogens is 5. The summed E-state index contributed by atoms with van der Waals surface area (Å²) in [5.41, 5.74) is 13.6. The SMILES string of the molecule is C1=Cc2c(c3ccc4c5cc(-c6cccc(-c7ccccc7)c6)ccc5n(-c5nc(-c6ccccc6)nc(-c6ccccc6)n5)c4c3n2-c2ccccc2)CC1. The van der Waals surface area contributed by atoms with Crippen LogP contribution in [0.4, 0.5) is 0 Å². The number of para-hydroxylation sites is 1. The third-order valence-electron chi connectivity index (χ3n) is 11.0. The van der Waals surface area contributed by atoms with Crippen LogP contribution in [0.3, 0.4) is 0 Å². The molecular weight excluding hydrogens is 683 g/mol. The van der Waals surface area contributed by atoms with Crippen molar-refractivity contribution < 1.29 is 0 Å². The monoisotopic (exact) mass is 717 g/mol. The Balaban J connectivity index is 1.26. The maximum atomic E-state index is 5.31. The van der Waals surface area contributed by atoms with E-state index in [9.17, 15) is 0 Å². The molecule has 0 bridgehead atoms. The van der Waals surface area contributed by atoms with Crippen molar-refractivity contribution >= 4 is 38.8 Å². The normalized spacial score (nSPS) is 12.4. The highest BCUT2D eigenvalue weighted by molar-refractivity contribution is 6.19. The fourth-order valence-corrected chi connectivity index (χ4v) is 8.45. The molecule has 0 fully saturated rings. The minimum absolute atomic E-state index is 0.582. The van der Waals surface area contributed by atoms with Gasteiger partial charge in [-0.2, -0.15) is 9.97 Å². The van der Waals surface area contributed by atoms with Crippen LogP contribution < -0.4 is 0 Å². The van der Waals surface area contributed by atoms with Gasteiger partial charge in [0, 0.05) is 38.7 Å². The minimum Gasteiger partial charge on any atom is -0.308 e. The maximum Gasteiger partial charge on any atom is 0.238 e. The lowest BCUT2D eigenvalue weighted by Crippen LogP contribution is -2.07. The number of fused-ring (bicyclic) bond motifs is 7. The fraction of sp³-hybridized carbons (Fsp3) is 0.0392. The second-order valence-corrected chi connectivity index (χ2v) is 14.4. The van der Waals surface area contributed by atoms with E-state index in [1.165, 1.54) is 33.3 Å². The van der Waals surface area contributed by atoms with Crippen LogP contribution >= 0.6 is 0 Å². The Bertz CT molecular complexity index is 3050. The van der Waals surface area contributed by atoms with Crippen molar-refractivity contribution in [2.45, 2.75) is 12.8 Å². The van der Waals surface area contributed by atoms with Crippen molar-refractivity contribution in [3.8, 4) is 56.7 Å². The average Bonchev–Trinajstić information content (AvgIpc) is 3.80. The van der Waals surface area contributed by atoms with Crippen LogP contribution in [-0.4, -0.2) is 24.1 Å². The minimum atomic E-state index is 0.582. The number of allylic oxidation sites excluding steroid dienone is 1. The van der Waals surface area contributed by atoms with Crippen molar-refractivity contribution in [3.63, 3.8) is 0 Å². The highest BCUT2D eigenvalue weighted by Gasteiger charge is 2.26. The van der Waals surface area contributed by atoms with Gasteiger partial charge in [-0.1, -0.05) is 152 Å². The number of aryl methyl sites for hydroxylation is 1. The molecule has 10 aromatic rings. The standard InChI is InChI=1S/C51H35N5/c1-5-16-34(17-6-1)37-22-15-23-38(32-37)39-28-31-46-44(33-39)43-30-29-42-41-26-13-14-27-45(41)55(40-24-11-4-12-25-40)47(42)48(43)56(46)51-53-49(35-18-7-2-8-19-35)52-50(54-51)36-20-9-3-10-21-36/h1-12,14-25,27-33H,13,26H2. The molecule has 0 radical (unpaired) electrons. The Morgan fingerprint density at radius 2 is 0.964 bits per heavy atom. The quantitative estimate of drug-likeness (QED) is 0.172. The van der Waals surface area contributed by atoms with E-state index in [1.54, 1.807) is 0 Å². The number of hydrogen-bond acceptors (Lipinski definition) is 3. The van der Waals surface area contributed by atoms with E-state index in [4.69, 9.17) is 15.0 Å². The molecule has 0 amide bonds. The number of benzene rings is 7. The molecule has 0 saturated carbocycles. The van der Waals surface area contributed by atoms with Crippen LogP contribution in [0, 0.1) is 0 Å². The predicted molar refractivity (Wildman–Crippen MR) is 230 cm³/mol. The molecule has 0 unspecified atom stereocenters. The predicted octanol–water partition coefficient (Wildman–Crippen LogP) is 12.5. The number of rotatable bonds is 6. The van der Waals surface area contributed by atoms with Gasteiger partial charge in [-0.25, -0.2) is 4.98 Å². The van der Waals surface area contributed by atoms with Crippen LogP contribution in [0.15, 0.2) is 182 Å². The molecule has 3 heterocycles. The molecule has 0 saturated heterocycles. The van der Waals surface area contributed by atoms with Gasteiger partial charge in [-0.3, -0.25) is 4.57 Å². The van der Waals surface area contributed by atoms with Gasteiger partial charge in [-0.15, -0.1) is 0 Å². The third kappa shape index (κ3) is 5.28. The van der Waals surface area contributed by atoms with Gasteiger partial charge in [0.1, 0.15) is 0 Å². The molecule has 11 rings (SSSR count). The Morgan fingerprint density at radius 1 is 0.411 bits per heavy atom. The van der Waals surface area contributed by atoms with E-state index in [0.29, 0.717) is 17.6 Å². The first-order valence-corrected chi connectivity index (χ1v) is 19.2. The summed E-state index contributed by atoms with van der Waals surface area (Å²) in [6.07, 6.45) is 6.60. The van der Waals surface area contributed by atoms with Crippen molar-refractivity contribution in [3.05, 3.63) is 193 Å². The van der Waals surface area contributed by atoms with E-state index in [-0.39, 0.29) is 0 Å². The molecule has 56 heavy (non-hydrogen) atoms. The summed E-state index contributed by atoms with van der Waals surface area (Å²) >= 11 is 0. The van der Waals surface area contributed by atoms with E-state index in [2.05, 4.69) is 161 Å². The van der Waals surface area contributed by atoms with Crippen molar-refractivity contribution in [1.82, 2.24) is 24.1 Å². The lowest BCUT2D eigenvalue weighted by Gasteiger charge is -2.14. The Kier molecular flexibility index (Phi) is 7.56. The second-order valence-electron chi connectivity index (χ2n) is 14.4. The zero-order chi connectivity index (χ0) is 37.0. The second kappa shape index (κ2) is 13.2. The third-order valence-corrected chi connectivity index (χ3v) is 11.0. The molecule has 0 aliphatic heterocycles. The highest BCUT2D eigenvalue weighted by atomic mass is 15.2. The molecule has 5 nitrogen and oxygen atoms in total. The molecule has 5 heteroatoms. The van der Waals surface area contributed by atoms with Gasteiger partial charge in [0.15, 0.2) is 11.6 Å². The first-order valence-electron chi connectivity index (χ1n) is 19.2. The van der Waals surface area contributed by atoms with E-state index in [0.717, 1.165) is 62.5 Å². The largest absolute Gasteiger partial charge is 0.308 e. The Hall–Kier alpha value is -7.37. The van der Waals surface area contributed by atoms with E-state index in [1.807, 2.05) is 36.4 Å². The van der Waals surface area contributed by atoms with Gasteiger partial charge in [0.25, 0.3) is 0 Å². The molecular formula is C51H35N5. The summed E-state index contributed by atoms with van der Waals surface area (Å²) in [7, 11) is 0. The number of nitrogens with zero attached hydrogens (tertiary/aromatic N) is 5. The van der Waals surface area contributed by atoms with E-state index < -0.39 is 0 Å². The fourth-order valence-electron chi connectivity index (χ4n) is 8.45. The molecule has 3 aromatic heterocycles. The van der Waals surface area contributed by atoms with Crippen LogP contribution in [0.5, 0.6) is 0 Å². The van der Waals surface area contributed by atoms with Crippen molar-refractivity contribution in [2.24, 2.45) is 0 Å². The zero-order valence-electron chi connectivity index (χ0n) is 30.5. The summed E-state index contributed by atoms with van der Waals surface area (Å²) in [5.74, 6) is 1.84. The molecule has 1 aliphatic rings. The summed E-state index contributed by atoms with van der Waals surface area (Å²) in [6.45, 7) is 0. The molecule has 264 valence electrons. The van der Waals surface area contributed by atoms with Gasteiger partial charge in [0.05, 0.1) is 16.6 Å². The first-order chi connectivity index (χ1) is 27.8. The van der Waals surface area contributed by atoms with Gasteiger partial charge in [-0.05, 0) is 77.1 Å². The lowest BCUT2D eigenvalue weighted by molar-refractivity contribution is 0.950. The van der Waals surface area contributed by atoms with Gasteiger partial charge < -0.3 is 4.57 Å². The number of hydrogen-bond donors (Lipinski definition) is 0. The molecule has 0 spiro atoms. The van der Waals surface area contributed by atoms with E-state index >= 15 is 0 Å². The Labute approximate surface area is 324 Å². The van der Waals surface area contributed by atoms with Gasteiger partial charge in [0.2, 0.25) is 5.95 Å².